The van der Waals surface area contributed by atoms with Gasteiger partial charge in [0.05, 0.1) is 12.3 Å². The van der Waals surface area contributed by atoms with Crippen molar-refractivity contribution in [2.45, 2.75) is 33.2 Å². The van der Waals surface area contributed by atoms with Gasteiger partial charge in [0.2, 0.25) is 0 Å². The van der Waals surface area contributed by atoms with Gasteiger partial charge in [-0.2, -0.15) is 0 Å². The van der Waals surface area contributed by atoms with Crippen LogP contribution >= 0.6 is 11.3 Å². The molecule has 1 saturated heterocycles. The number of ether oxygens (including phenoxy) is 2. The molecule has 0 amide bonds. The second-order valence-corrected chi connectivity index (χ2v) is 10.6. The summed E-state index contributed by atoms with van der Waals surface area (Å²) in [7, 11) is 0. The fraction of sp³-hybridized carbons (Fsp3) is 0.357. The zero-order valence-electron chi connectivity index (χ0n) is 20.8. The minimum atomic E-state index is 0.371. The molecule has 4 aromatic rings. The van der Waals surface area contributed by atoms with Crippen LogP contribution in [0.5, 0.6) is 0 Å². The van der Waals surface area contributed by atoms with Crippen molar-refractivity contribution in [1.29, 1.82) is 0 Å². The first-order valence-corrected chi connectivity index (χ1v) is 13.3. The van der Waals surface area contributed by atoms with Crippen molar-refractivity contribution < 1.29 is 9.47 Å². The summed E-state index contributed by atoms with van der Waals surface area (Å²) in [6, 6.07) is 15.6. The van der Waals surface area contributed by atoms with E-state index in [4.69, 9.17) is 14.5 Å². The van der Waals surface area contributed by atoms with Crippen LogP contribution in [0.2, 0.25) is 0 Å². The molecule has 0 radical (unpaired) electrons. The molecular formula is C28H31N5O2S. The largest absolute Gasteiger partial charge is 0.353 e. The monoisotopic (exact) mass is 501 g/mol. The highest BCUT2D eigenvalue weighted by atomic mass is 32.1. The maximum absolute atomic E-state index is 5.49. The molecule has 4 heterocycles. The SMILES string of the molecule is Cc1cn(-c2ccc3c(c2)CN(c2ncc(Cc4ccc(N5CCOCOC5)cc4)s2)CC3)c(C)n1. The lowest BCUT2D eigenvalue weighted by Gasteiger charge is -2.29. The van der Waals surface area contributed by atoms with E-state index in [9.17, 15) is 0 Å². The van der Waals surface area contributed by atoms with Crippen molar-refractivity contribution in [3.05, 3.63) is 87.9 Å². The minimum Gasteiger partial charge on any atom is -0.353 e. The Bertz CT molecular complexity index is 1340. The number of nitrogens with zero attached hydrogens (tertiary/aromatic N) is 5. The number of rotatable bonds is 5. The number of aryl methyl sites for hydroxylation is 2. The van der Waals surface area contributed by atoms with Gasteiger partial charge in [0.15, 0.2) is 5.13 Å². The maximum atomic E-state index is 5.49. The van der Waals surface area contributed by atoms with Crippen LogP contribution in [0.4, 0.5) is 10.8 Å². The smallest absolute Gasteiger partial charge is 0.185 e. The van der Waals surface area contributed by atoms with Gasteiger partial charge >= 0.3 is 0 Å². The summed E-state index contributed by atoms with van der Waals surface area (Å²) in [5, 5.41) is 1.11. The quantitative estimate of drug-likeness (QED) is 0.389. The number of benzene rings is 2. The summed E-state index contributed by atoms with van der Waals surface area (Å²) in [6.45, 7) is 8.46. The molecule has 1 fully saturated rings. The van der Waals surface area contributed by atoms with Crippen LogP contribution in [0.1, 0.15) is 33.1 Å². The van der Waals surface area contributed by atoms with Gasteiger partial charge in [-0.3, -0.25) is 0 Å². The van der Waals surface area contributed by atoms with Gasteiger partial charge in [-0.25, -0.2) is 9.97 Å². The highest BCUT2D eigenvalue weighted by molar-refractivity contribution is 7.15. The number of fused-ring (bicyclic) bond motifs is 1. The van der Waals surface area contributed by atoms with E-state index in [0.717, 1.165) is 49.1 Å². The van der Waals surface area contributed by atoms with Gasteiger partial charge in [0.1, 0.15) is 19.3 Å². The molecule has 2 aliphatic heterocycles. The molecule has 6 rings (SSSR count). The molecule has 0 spiro atoms. The van der Waals surface area contributed by atoms with E-state index in [1.54, 1.807) is 11.3 Å². The third kappa shape index (κ3) is 4.89. The Balaban J connectivity index is 1.13. The van der Waals surface area contributed by atoms with E-state index in [0.29, 0.717) is 20.1 Å². The van der Waals surface area contributed by atoms with Crippen LogP contribution in [0.25, 0.3) is 5.69 Å². The second-order valence-electron chi connectivity index (χ2n) is 9.50. The summed E-state index contributed by atoms with van der Waals surface area (Å²) in [4.78, 5) is 15.3. The molecular weight excluding hydrogens is 470 g/mol. The molecule has 0 N–H and O–H groups in total. The van der Waals surface area contributed by atoms with Crippen molar-refractivity contribution in [1.82, 2.24) is 14.5 Å². The fourth-order valence-electron chi connectivity index (χ4n) is 5.00. The third-order valence-corrected chi connectivity index (χ3v) is 7.95. The molecule has 2 aromatic carbocycles. The first-order valence-electron chi connectivity index (χ1n) is 12.5. The van der Waals surface area contributed by atoms with Crippen LogP contribution in [0.15, 0.2) is 54.9 Å². The first kappa shape index (κ1) is 23.2. The Hall–Kier alpha value is -3.20. The van der Waals surface area contributed by atoms with E-state index in [1.807, 2.05) is 13.1 Å². The molecule has 2 aliphatic rings. The summed E-state index contributed by atoms with van der Waals surface area (Å²) in [5.41, 5.74) is 7.49. The van der Waals surface area contributed by atoms with E-state index in [2.05, 4.69) is 74.9 Å². The number of anilines is 2. The molecule has 0 bridgehead atoms. The van der Waals surface area contributed by atoms with Gasteiger partial charge in [-0.15, -0.1) is 11.3 Å². The van der Waals surface area contributed by atoms with Crippen molar-refractivity contribution in [2.75, 3.05) is 43.0 Å². The maximum Gasteiger partial charge on any atom is 0.185 e. The van der Waals surface area contributed by atoms with Gasteiger partial charge in [-0.1, -0.05) is 18.2 Å². The average Bonchev–Trinajstić information content (AvgIpc) is 3.38. The third-order valence-electron chi connectivity index (χ3n) is 6.89. The average molecular weight is 502 g/mol. The van der Waals surface area contributed by atoms with Crippen LogP contribution in [-0.2, 0) is 28.9 Å². The number of aromatic nitrogens is 3. The molecule has 8 heteroatoms. The zero-order chi connectivity index (χ0) is 24.5. The van der Waals surface area contributed by atoms with Crippen molar-refractivity contribution in [3.63, 3.8) is 0 Å². The Morgan fingerprint density at radius 2 is 1.81 bits per heavy atom. The van der Waals surface area contributed by atoms with Crippen molar-refractivity contribution in [3.8, 4) is 5.69 Å². The molecule has 0 aliphatic carbocycles. The van der Waals surface area contributed by atoms with E-state index < -0.39 is 0 Å². The number of thiazole rings is 1. The predicted molar refractivity (Wildman–Crippen MR) is 143 cm³/mol. The first-order chi connectivity index (χ1) is 17.6. The lowest BCUT2D eigenvalue weighted by atomic mass is 9.99. The van der Waals surface area contributed by atoms with E-state index in [1.165, 1.54) is 32.9 Å². The Labute approximate surface area is 215 Å². The Morgan fingerprint density at radius 1 is 0.944 bits per heavy atom. The summed E-state index contributed by atoms with van der Waals surface area (Å²) >= 11 is 1.80. The Morgan fingerprint density at radius 3 is 2.64 bits per heavy atom. The lowest BCUT2D eigenvalue weighted by Crippen LogP contribution is -2.30. The standard InChI is InChI=1S/C28H31N5O2S/c1-20-16-33(21(2)30-20)26-8-5-23-9-10-31(17-24(23)14-26)28-29-15-27(36-28)13-22-3-6-25(7-4-22)32-11-12-34-19-35-18-32/h3-8,14-16H,9-13,17-19H2,1-2H3. The van der Waals surface area contributed by atoms with Crippen LogP contribution in [0, 0.1) is 13.8 Å². The molecule has 0 atom stereocenters. The van der Waals surface area contributed by atoms with Crippen LogP contribution in [-0.4, -0.2) is 47.8 Å². The topological polar surface area (TPSA) is 55.7 Å². The summed E-state index contributed by atoms with van der Waals surface area (Å²) < 4.78 is 13.0. The lowest BCUT2D eigenvalue weighted by molar-refractivity contribution is -0.0306. The van der Waals surface area contributed by atoms with Gasteiger partial charge in [0.25, 0.3) is 0 Å². The number of hydrogen-bond donors (Lipinski definition) is 0. The normalized spacial score (nSPS) is 16.2. The second kappa shape index (κ2) is 10.0. The van der Waals surface area contributed by atoms with Crippen molar-refractivity contribution >= 4 is 22.2 Å². The van der Waals surface area contributed by atoms with Crippen LogP contribution < -0.4 is 9.80 Å². The molecule has 0 unspecified atom stereocenters. The van der Waals surface area contributed by atoms with Crippen molar-refractivity contribution in [2.24, 2.45) is 0 Å². The zero-order valence-corrected chi connectivity index (χ0v) is 21.6. The van der Waals surface area contributed by atoms with Gasteiger partial charge in [-0.05, 0) is 61.2 Å². The number of imidazole rings is 1. The predicted octanol–water partition coefficient (Wildman–Crippen LogP) is 4.87. The minimum absolute atomic E-state index is 0.371. The van der Waals surface area contributed by atoms with E-state index in [-0.39, 0.29) is 0 Å². The Kier molecular flexibility index (Phi) is 6.48. The fourth-order valence-corrected chi connectivity index (χ4v) is 5.96. The molecule has 2 aromatic heterocycles. The summed E-state index contributed by atoms with van der Waals surface area (Å²) in [6.07, 6.45) is 6.08. The van der Waals surface area contributed by atoms with Crippen LogP contribution in [0.3, 0.4) is 0 Å². The number of hydrogen-bond acceptors (Lipinski definition) is 7. The molecule has 0 saturated carbocycles. The highest BCUT2D eigenvalue weighted by Gasteiger charge is 2.20. The van der Waals surface area contributed by atoms with E-state index >= 15 is 0 Å². The highest BCUT2D eigenvalue weighted by Crippen LogP contribution is 2.31. The molecule has 186 valence electrons. The van der Waals surface area contributed by atoms with Gasteiger partial charge in [0, 0.05) is 54.7 Å². The molecule has 7 nitrogen and oxygen atoms in total. The molecule has 36 heavy (non-hydrogen) atoms. The summed E-state index contributed by atoms with van der Waals surface area (Å²) in [5.74, 6) is 1.02. The van der Waals surface area contributed by atoms with Gasteiger partial charge < -0.3 is 23.8 Å².